The van der Waals surface area contributed by atoms with Gasteiger partial charge in [0.15, 0.2) is 0 Å². The van der Waals surface area contributed by atoms with E-state index >= 15 is 0 Å². The van der Waals surface area contributed by atoms with Gasteiger partial charge in [0, 0.05) is 13.7 Å². The summed E-state index contributed by atoms with van der Waals surface area (Å²) in [6.07, 6.45) is 2.95. The van der Waals surface area contributed by atoms with Crippen LogP contribution in [0.1, 0.15) is 33.1 Å². The fraction of sp³-hybridized carbons (Fsp3) is 0.917. The van der Waals surface area contributed by atoms with E-state index < -0.39 is 0 Å². The van der Waals surface area contributed by atoms with Crippen molar-refractivity contribution in [1.29, 1.82) is 0 Å². The molecule has 2 N–H and O–H groups in total. The van der Waals surface area contributed by atoms with Gasteiger partial charge in [-0.15, -0.1) is 0 Å². The Hall–Kier alpha value is -0.610. The Bertz CT molecular complexity index is 225. The average Bonchev–Trinajstić information content (AvgIpc) is 2.29. The van der Waals surface area contributed by atoms with Crippen LogP contribution >= 0.6 is 0 Å². The van der Waals surface area contributed by atoms with Gasteiger partial charge in [-0.2, -0.15) is 0 Å². The number of ether oxygens (including phenoxy) is 1. The lowest BCUT2D eigenvalue weighted by Crippen LogP contribution is -2.51. The third kappa shape index (κ3) is 3.46. The van der Waals surface area contributed by atoms with Crippen LogP contribution in [0.5, 0.6) is 0 Å². The number of hydrogen-bond acceptors (Lipinski definition) is 3. The molecule has 1 rings (SSSR count). The summed E-state index contributed by atoms with van der Waals surface area (Å²) in [6, 6.07) is 0.135. The Kier molecular flexibility index (Phi) is 5.22. The van der Waals surface area contributed by atoms with Crippen LogP contribution < -0.4 is 10.6 Å². The second-order valence-corrected chi connectivity index (χ2v) is 4.87. The first-order chi connectivity index (χ1) is 7.62. The van der Waals surface area contributed by atoms with E-state index in [0.29, 0.717) is 6.61 Å². The Morgan fingerprint density at radius 1 is 1.62 bits per heavy atom. The maximum atomic E-state index is 12.2. The molecule has 0 aromatic rings. The van der Waals surface area contributed by atoms with Gasteiger partial charge in [0.2, 0.25) is 5.91 Å². The first-order valence-electron chi connectivity index (χ1n) is 6.13. The molecule has 1 fully saturated rings. The molecular formula is C12H24N2O2. The van der Waals surface area contributed by atoms with Gasteiger partial charge in [0.25, 0.3) is 0 Å². The van der Waals surface area contributed by atoms with Gasteiger partial charge < -0.3 is 15.4 Å². The predicted octanol–water partition coefficient (Wildman–Crippen LogP) is 0.917. The Labute approximate surface area is 98.1 Å². The van der Waals surface area contributed by atoms with Gasteiger partial charge in [-0.3, -0.25) is 4.79 Å². The highest BCUT2D eigenvalue weighted by molar-refractivity contribution is 5.82. The fourth-order valence-corrected chi connectivity index (χ4v) is 2.07. The van der Waals surface area contributed by atoms with Crippen molar-refractivity contribution in [1.82, 2.24) is 10.6 Å². The minimum absolute atomic E-state index is 0.135. The molecule has 0 radical (unpaired) electrons. The van der Waals surface area contributed by atoms with E-state index in [1.54, 1.807) is 7.11 Å². The Morgan fingerprint density at radius 2 is 2.38 bits per heavy atom. The number of carbonyl (C=O) groups is 1. The Morgan fingerprint density at radius 3 is 2.88 bits per heavy atom. The van der Waals surface area contributed by atoms with E-state index in [2.05, 4.69) is 17.6 Å². The molecule has 0 saturated carbocycles. The van der Waals surface area contributed by atoms with E-state index in [-0.39, 0.29) is 17.4 Å². The molecule has 0 spiro atoms. The third-order valence-electron chi connectivity index (χ3n) is 3.34. The molecule has 4 nitrogen and oxygen atoms in total. The summed E-state index contributed by atoms with van der Waals surface area (Å²) in [5, 5.41) is 6.36. The molecule has 0 aromatic carbocycles. The molecule has 1 amide bonds. The summed E-state index contributed by atoms with van der Waals surface area (Å²) >= 11 is 0. The summed E-state index contributed by atoms with van der Waals surface area (Å²) in [5.74, 6) is 0.156. The number of methoxy groups -OCH3 is 1. The van der Waals surface area contributed by atoms with E-state index in [1.165, 1.54) is 0 Å². The lowest BCUT2D eigenvalue weighted by atomic mass is 9.81. The van der Waals surface area contributed by atoms with Gasteiger partial charge in [-0.25, -0.2) is 0 Å². The topological polar surface area (TPSA) is 50.4 Å². The van der Waals surface area contributed by atoms with Crippen molar-refractivity contribution in [2.24, 2.45) is 5.41 Å². The molecule has 0 aliphatic carbocycles. The maximum absolute atomic E-state index is 12.2. The number of hydrogen-bond donors (Lipinski definition) is 2. The minimum atomic E-state index is -0.251. The molecule has 0 aromatic heterocycles. The fourth-order valence-electron chi connectivity index (χ4n) is 2.07. The summed E-state index contributed by atoms with van der Waals surface area (Å²) < 4.78 is 5.09. The summed E-state index contributed by atoms with van der Waals surface area (Å²) in [6.45, 7) is 6.49. The van der Waals surface area contributed by atoms with Crippen molar-refractivity contribution in [3.8, 4) is 0 Å². The highest BCUT2D eigenvalue weighted by Gasteiger charge is 2.35. The molecule has 1 heterocycles. The van der Waals surface area contributed by atoms with Crippen molar-refractivity contribution in [3.05, 3.63) is 0 Å². The van der Waals surface area contributed by atoms with E-state index in [1.807, 2.05) is 6.92 Å². The van der Waals surface area contributed by atoms with Gasteiger partial charge in [-0.1, -0.05) is 6.92 Å². The highest BCUT2D eigenvalue weighted by Crippen LogP contribution is 2.25. The van der Waals surface area contributed by atoms with Gasteiger partial charge in [0.1, 0.15) is 0 Å². The summed E-state index contributed by atoms with van der Waals surface area (Å²) in [5.41, 5.74) is -0.251. The van der Waals surface area contributed by atoms with Crippen LogP contribution in [0.4, 0.5) is 0 Å². The van der Waals surface area contributed by atoms with Crippen LogP contribution in [0.25, 0.3) is 0 Å². The maximum Gasteiger partial charge on any atom is 0.227 e. The third-order valence-corrected chi connectivity index (χ3v) is 3.34. The van der Waals surface area contributed by atoms with Crippen LogP contribution in [0.3, 0.4) is 0 Å². The molecule has 2 unspecified atom stereocenters. The number of carbonyl (C=O) groups excluding carboxylic acids is 1. The molecule has 1 aliphatic heterocycles. The van der Waals surface area contributed by atoms with Crippen molar-refractivity contribution in [3.63, 3.8) is 0 Å². The molecular weight excluding hydrogens is 204 g/mol. The number of amides is 1. The zero-order chi connectivity index (χ0) is 12.0. The molecule has 94 valence electrons. The SMILES string of the molecule is CCC(COC)NC(=O)C1(C)CCCNC1. The van der Waals surface area contributed by atoms with Crippen molar-refractivity contribution in [2.75, 3.05) is 26.8 Å². The molecule has 4 heteroatoms. The number of rotatable bonds is 5. The molecule has 1 aliphatic rings. The predicted molar refractivity (Wildman–Crippen MR) is 64.3 cm³/mol. The van der Waals surface area contributed by atoms with Gasteiger partial charge >= 0.3 is 0 Å². The lowest BCUT2D eigenvalue weighted by molar-refractivity contribution is -0.132. The normalized spacial score (nSPS) is 27.4. The molecule has 1 saturated heterocycles. The molecule has 16 heavy (non-hydrogen) atoms. The highest BCUT2D eigenvalue weighted by atomic mass is 16.5. The second-order valence-electron chi connectivity index (χ2n) is 4.87. The van der Waals surface area contributed by atoms with Crippen LogP contribution in [-0.4, -0.2) is 38.8 Å². The quantitative estimate of drug-likeness (QED) is 0.735. The average molecular weight is 228 g/mol. The molecule has 2 atom stereocenters. The number of piperidine rings is 1. The minimum Gasteiger partial charge on any atom is -0.383 e. The van der Waals surface area contributed by atoms with Crippen LogP contribution in [0, 0.1) is 5.41 Å². The molecule has 0 bridgehead atoms. The first kappa shape index (κ1) is 13.5. The lowest BCUT2D eigenvalue weighted by Gasteiger charge is -2.34. The van der Waals surface area contributed by atoms with E-state index in [4.69, 9.17) is 4.74 Å². The summed E-state index contributed by atoms with van der Waals surface area (Å²) in [4.78, 5) is 12.2. The first-order valence-corrected chi connectivity index (χ1v) is 6.13. The van der Waals surface area contributed by atoms with Gasteiger partial charge in [-0.05, 0) is 32.7 Å². The van der Waals surface area contributed by atoms with Crippen LogP contribution in [0.2, 0.25) is 0 Å². The van der Waals surface area contributed by atoms with Gasteiger partial charge in [0.05, 0.1) is 18.1 Å². The van der Waals surface area contributed by atoms with E-state index in [9.17, 15) is 4.79 Å². The van der Waals surface area contributed by atoms with Crippen molar-refractivity contribution < 1.29 is 9.53 Å². The second kappa shape index (κ2) is 6.21. The largest absolute Gasteiger partial charge is 0.383 e. The van der Waals surface area contributed by atoms with E-state index in [0.717, 1.165) is 32.4 Å². The zero-order valence-electron chi connectivity index (χ0n) is 10.6. The standard InChI is InChI=1S/C12H24N2O2/c1-4-10(8-16-3)14-11(15)12(2)6-5-7-13-9-12/h10,13H,4-9H2,1-3H3,(H,14,15). The monoisotopic (exact) mass is 228 g/mol. The summed E-state index contributed by atoms with van der Waals surface area (Å²) in [7, 11) is 1.67. The Balaban J connectivity index is 2.48. The number of nitrogens with one attached hydrogen (secondary N) is 2. The smallest absolute Gasteiger partial charge is 0.227 e. The van der Waals surface area contributed by atoms with Crippen molar-refractivity contribution >= 4 is 5.91 Å². The van der Waals surface area contributed by atoms with Crippen LogP contribution in [-0.2, 0) is 9.53 Å². The zero-order valence-corrected chi connectivity index (χ0v) is 10.6. The van der Waals surface area contributed by atoms with Crippen molar-refractivity contribution in [2.45, 2.75) is 39.2 Å². The van der Waals surface area contributed by atoms with Crippen LogP contribution in [0.15, 0.2) is 0 Å².